The van der Waals surface area contributed by atoms with Crippen LogP contribution >= 0.6 is 0 Å². The summed E-state index contributed by atoms with van der Waals surface area (Å²) in [5, 5.41) is 12.5. The van der Waals surface area contributed by atoms with Gasteiger partial charge in [-0.2, -0.15) is 0 Å². The number of aromatic nitrogens is 3. The first-order chi connectivity index (χ1) is 34.9. The molecule has 7 aromatic carbocycles. The van der Waals surface area contributed by atoms with E-state index in [2.05, 4.69) is 85.8 Å². The summed E-state index contributed by atoms with van der Waals surface area (Å²) in [5.41, 5.74) is 9.99. The number of rotatable bonds is 10. The number of hydrogen-bond acceptors (Lipinski definition) is 3. The van der Waals surface area contributed by atoms with Crippen molar-refractivity contribution in [2.45, 2.75) is 85.5 Å². The second-order valence-corrected chi connectivity index (χ2v) is 18.6. The largest absolute Gasteiger partial charge is 0.507 e. The number of hydrogen-bond donors (Lipinski definition) is 1. The summed E-state index contributed by atoms with van der Waals surface area (Å²) in [6, 6.07) is 37.8. The van der Waals surface area contributed by atoms with Crippen molar-refractivity contribution in [3.05, 3.63) is 192 Å². The minimum Gasteiger partial charge on any atom is -0.507 e. The zero-order chi connectivity index (χ0) is 53.5. The Hall–Kier alpha value is -6.35. The van der Waals surface area contributed by atoms with Gasteiger partial charge in [0.25, 0.3) is 0 Å². The molecule has 0 atom stereocenters. The molecule has 0 amide bonds. The normalized spacial score (nSPS) is 13.8. The first-order valence-electron chi connectivity index (χ1n) is 26.7. The number of benzene rings is 7. The third kappa shape index (κ3) is 8.97. The molecule has 4 nitrogen and oxygen atoms in total. The average molecular weight is 1050 g/mol. The number of pyridine rings is 1. The number of fused-ring (bicyclic) bond motifs is 1. The van der Waals surface area contributed by atoms with Crippen LogP contribution < -0.4 is 0 Å². The molecule has 0 saturated carbocycles. The van der Waals surface area contributed by atoms with Crippen molar-refractivity contribution >= 4 is 11.0 Å². The van der Waals surface area contributed by atoms with Gasteiger partial charge in [0, 0.05) is 39.9 Å². The Morgan fingerprint density at radius 1 is 0.636 bits per heavy atom. The molecule has 0 aliphatic rings. The topological polar surface area (TPSA) is 50.9 Å². The Kier molecular flexibility index (Phi) is 10.2. The van der Waals surface area contributed by atoms with Gasteiger partial charge in [-0.1, -0.05) is 189 Å². The molecule has 0 radical (unpaired) electrons. The van der Waals surface area contributed by atoms with Gasteiger partial charge < -0.3 is 5.11 Å². The molecule has 0 fully saturated rings. The van der Waals surface area contributed by atoms with Crippen molar-refractivity contribution < 1.29 is 38.5 Å². The second kappa shape index (κ2) is 18.9. The fourth-order valence-electron chi connectivity index (χ4n) is 8.48. The SMILES string of the molecule is [2H]c1nc(-c2[c-]c(-c3cccc4c3nc(-c3cc(C(C)C)cc(C(C)C)c3O)n4-c3cc(-c4ccccc4)c(C([2H])(C)C)cc3-c3ccccc3)cc(C(C)(C)C)c2)c([2H])c(-c2c([2H])c([2H])c([2H])c([2H])c2[2H])c1[2H].[Pt]. The Morgan fingerprint density at radius 3 is 1.94 bits per heavy atom. The fraction of sp³-hybridized carbons (Fsp3) is 0.213. The van der Waals surface area contributed by atoms with Gasteiger partial charge in [-0.3, -0.25) is 9.55 Å². The van der Waals surface area contributed by atoms with Gasteiger partial charge in [-0.15, -0.1) is 29.3 Å². The van der Waals surface area contributed by atoms with Crippen LogP contribution in [0.2, 0.25) is 0 Å². The Bertz CT molecular complexity index is 3660. The van der Waals surface area contributed by atoms with E-state index in [9.17, 15) is 7.85 Å². The average Bonchev–Trinajstić information content (AvgIpc) is 3.76. The van der Waals surface area contributed by atoms with E-state index in [4.69, 9.17) is 14.6 Å². The summed E-state index contributed by atoms with van der Waals surface area (Å²) in [4.78, 5) is 10.1. The van der Waals surface area contributed by atoms with Gasteiger partial charge in [0.05, 0.1) is 33.3 Å². The summed E-state index contributed by atoms with van der Waals surface area (Å²) in [6.45, 7) is 18.3. The maximum absolute atomic E-state index is 12.5. The molecule has 0 aliphatic carbocycles. The van der Waals surface area contributed by atoms with Gasteiger partial charge in [0.15, 0.2) is 0 Å². The molecule has 9 aromatic rings. The standard InChI is InChI=1S/C61H58N3O.Pt/c1-38(2)45-33-51(40(5)6)59(65)54(34-45)60-63-58-49(46-30-47(32-48(31-46)61(7,8)9)55-35-44(28-29-62-55)41-20-13-10-14-21-41)26-19-27-56(58)64(60)57-37-52(42-22-15-11-16-23-42)50(39(3)4)36-53(57)43-24-17-12-18-25-43;/h10-29,31-40,65H,1-9H3;/q-1;/i10D,13D,14D,20D,21D,28D,29D,35D,39D;. The van der Waals surface area contributed by atoms with Crippen molar-refractivity contribution in [3.63, 3.8) is 0 Å². The zero-order valence-corrected chi connectivity index (χ0v) is 41.0. The van der Waals surface area contributed by atoms with Crippen molar-refractivity contribution in [1.82, 2.24) is 14.5 Å². The number of imidazole rings is 1. The molecular weight excluding hydrogens is 986 g/mol. The van der Waals surface area contributed by atoms with Crippen molar-refractivity contribution in [2.24, 2.45) is 0 Å². The van der Waals surface area contributed by atoms with Gasteiger partial charge >= 0.3 is 0 Å². The quantitative estimate of drug-likeness (QED) is 0.139. The van der Waals surface area contributed by atoms with E-state index >= 15 is 0 Å². The van der Waals surface area contributed by atoms with Gasteiger partial charge in [-0.05, 0) is 98.0 Å². The molecule has 5 heteroatoms. The fourth-order valence-corrected chi connectivity index (χ4v) is 8.48. The molecule has 0 aliphatic heterocycles. The van der Waals surface area contributed by atoms with Crippen LogP contribution in [0.4, 0.5) is 0 Å². The van der Waals surface area contributed by atoms with Crippen molar-refractivity contribution in [3.8, 4) is 78.6 Å². The Labute approximate surface area is 418 Å². The Morgan fingerprint density at radius 2 is 1.30 bits per heavy atom. The number of phenolic OH excluding ortho intramolecular Hbond substituents is 1. The number of phenols is 1. The van der Waals surface area contributed by atoms with E-state index < -0.39 is 53.7 Å². The number of aromatic hydroxyl groups is 1. The summed E-state index contributed by atoms with van der Waals surface area (Å²) < 4.78 is 81.5. The van der Waals surface area contributed by atoms with Crippen LogP contribution in [-0.4, -0.2) is 19.6 Å². The molecule has 9 rings (SSSR count). The van der Waals surface area contributed by atoms with Crippen LogP contribution in [0.15, 0.2) is 164 Å². The van der Waals surface area contributed by atoms with Crippen molar-refractivity contribution in [2.75, 3.05) is 0 Å². The first kappa shape index (κ1) is 35.9. The zero-order valence-electron chi connectivity index (χ0n) is 47.7. The van der Waals surface area contributed by atoms with Crippen LogP contribution in [0.25, 0.3) is 83.9 Å². The van der Waals surface area contributed by atoms with Crippen LogP contribution in [0.1, 0.15) is 115 Å². The minimum absolute atomic E-state index is 0. The van der Waals surface area contributed by atoms with Gasteiger partial charge in [0.1, 0.15) is 11.6 Å². The van der Waals surface area contributed by atoms with Gasteiger partial charge in [-0.25, -0.2) is 4.98 Å². The molecule has 66 heavy (non-hydrogen) atoms. The molecule has 0 spiro atoms. The molecule has 0 unspecified atom stereocenters. The van der Waals surface area contributed by atoms with Crippen LogP contribution in [0, 0.1) is 6.07 Å². The Balaban J connectivity index is 0.00000747. The third-order valence-corrected chi connectivity index (χ3v) is 12.1. The third-order valence-electron chi connectivity index (χ3n) is 12.1. The molecule has 0 bridgehead atoms. The van der Waals surface area contributed by atoms with Crippen LogP contribution in [-0.2, 0) is 26.5 Å². The maximum Gasteiger partial charge on any atom is 0.148 e. The molecule has 0 saturated heterocycles. The summed E-state index contributed by atoms with van der Waals surface area (Å²) in [5.74, 6) is -0.317. The van der Waals surface area contributed by atoms with E-state index in [1.165, 1.54) is 0 Å². The van der Waals surface area contributed by atoms with E-state index in [0.717, 1.165) is 50.2 Å². The van der Waals surface area contributed by atoms with E-state index in [-0.39, 0.29) is 61.5 Å². The molecule has 334 valence electrons. The summed E-state index contributed by atoms with van der Waals surface area (Å²) in [7, 11) is 0. The molecular formula is C61H58N3OPt-. The monoisotopic (exact) mass is 1050 g/mol. The van der Waals surface area contributed by atoms with Crippen LogP contribution in [0.3, 0.4) is 0 Å². The molecule has 2 heterocycles. The second-order valence-electron chi connectivity index (χ2n) is 18.6. The summed E-state index contributed by atoms with van der Waals surface area (Å²) in [6.07, 6.45) is -0.535. The number of para-hydroxylation sites is 1. The first-order valence-corrected chi connectivity index (χ1v) is 22.2. The number of nitrogens with zero attached hydrogens (tertiary/aromatic N) is 3. The molecule has 2 aromatic heterocycles. The smallest absolute Gasteiger partial charge is 0.148 e. The minimum atomic E-state index is -1.01. The van der Waals surface area contributed by atoms with E-state index in [1.54, 1.807) is 0 Å². The van der Waals surface area contributed by atoms with E-state index in [1.807, 2.05) is 107 Å². The van der Waals surface area contributed by atoms with Crippen LogP contribution in [0.5, 0.6) is 5.75 Å². The van der Waals surface area contributed by atoms with Crippen molar-refractivity contribution in [1.29, 1.82) is 0 Å². The predicted molar refractivity (Wildman–Crippen MR) is 273 cm³/mol. The van der Waals surface area contributed by atoms with E-state index in [0.29, 0.717) is 39.1 Å². The summed E-state index contributed by atoms with van der Waals surface area (Å²) >= 11 is 0. The van der Waals surface area contributed by atoms with Gasteiger partial charge in [0.2, 0.25) is 0 Å². The predicted octanol–water partition coefficient (Wildman–Crippen LogP) is 16.6. The maximum atomic E-state index is 12.5. The molecule has 1 N–H and O–H groups in total.